The van der Waals surface area contributed by atoms with Crippen molar-refractivity contribution < 1.29 is 9.18 Å². The molecule has 1 aromatic carbocycles. The molecule has 0 saturated heterocycles. The van der Waals surface area contributed by atoms with Crippen molar-refractivity contribution in [3.05, 3.63) is 35.9 Å². The molecule has 0 bridgehead atoms. The third-order valence-corrected chi connectivity index (χ3v) is 2.36. The van der Waals surface area contributed by atoms with Gasteiger partial charge in [-0.25, -0.2) is 0 Å². The summed E-state index contributed by atoms with van der Waals surface area (Å²) in [5, 5.41) is 5.79. The predicted molar refractivity (Wildman–Crippen MR) is 66.4 cm³/mol. The van der Waals surface area contributed by atoms with Gasteiger partial charge in [-0.15, -0.1) is 0 Å². The molecular weight excluding hydrogens is 219 g/mol. The van der Waals surface area contributed by atoms with Crippen LogP contribution in [-0.4, -0.2) is 25.7 Å². The van der Waals surface area contributed by atoms with Gasteiger partial charge in [0.25, 0.3) is 0 Å². The van der Waals surface area contributed by atoms with E-state index in [4.69, 9.17) is 0 Å². The summed E-state index contributed by atoms with van der Waals surface area (Å²) in [5.41, 5.74) is 1.08. The zero-order valence-corrected chi connectivity index (χ0v) is 9.92. The van der Waals surface area contributed by atoms with Crippen LogP contribution in [-0.2, 0) is 11.3 Å². The van der Waals surface area contributed by atoms with Gasteiger partial charge >= 0.3 is 0 Å². The van der Waals surface area contributed by atoms with Crippen LogP contribution >= 0.6 is 0 Å². The van der Waals surface area contributed by atoms with E-state index in [2.05, 4.69) is 10.6 Å². The maximum atomic E-state index is 11.8. The lowest BCUT2D eigenvalue weighted by Gasteiger charge is -2.06. The highest BCUT2D eigenvalue weighted by atomic mass is 19.1. The van der Waals surface area contributed by atoms with Crippen LogP contribution in [0.2, 0.25) is 0 Å². The number of nitrogens with one attached hydrogen (secondary N) is 2. The molecule has 0 spiro atoms. The number of carbonyl (C=O) groups is 1. The fourth-order valence-corrected chi connectivity index (χ4v) is 1.41. The summed E-state index contributed by atoms with van der Waals surface area (Å²) in [7, 11) is 0. The first-order chi connectivity index (χ1) is 8.33. The molecule has 0 atom stereocenters. The van der Waals surface area contributed by atoms with Crippen molar-refractivity contribution in [3.8, 4) is 0 Å². The lowest BCUT2D eigenvalue weighted by molar-refractivity contribution is -0.120. The van der Waals surface area contributed by atoms with Gasteiger partial charge in [-0.1, -0.05) is 30.3 Å². The van der Waals surface area contributed by atoms with Gasteiger partial charge in [0.2, 0.25) is 5.91 Å². The van der Waals surface area contributed by atoms with E-state index in [0.29, 0.717) is 26.1 Å². The van der Waals surface area contributed by atoms with E-state index in [1.807, 2.05) is 30.3 Å². The second-order valence-electron chi connectivity index (χ2n) is 3.84. The van der Waals surface area contributed by atoms with Gasteiger partial charge in [0.15, 0.2) is 0 Å². The molecule has 0 aliphatic rings. The van der Waals surface area contributed by atoms with E-state index in [1.54, 1.807) is 0 Å². The number of halogens is 1. The van der Waals surface area contributed by atoms with E-state index in [9.17, 15) is 9.18 Å². The Morgan fingerprint density at radius 2 is 1.94 bits per heavy atom. The lowest BCUT2D eigenvalue weighted by Crippen LogP contribution is -2.33. The monoisotopic (exact) mass is 238 g/mol. The second kappa shape index (κ2) is 8.70. The summed E-state index contributed by atoms with van der Waals surface area (Å²) in [6, 6.07) is 9.76. The minimum atomic E-state index is -0.290. The highest BCUT2D eigenvalue weighted by Gasteiger charge is 1.99. The largest absolute Gasteiger partial charge is 0.351 e. The molecule has 0 aliphatic heterocycles. The smallest absolute Gasteiger partial charge is 0.234 e. The van der Waals surface area contributed by atoms with Crippen LogP contribution in [0.25, 0.3) is 0 Å². The zero-order chi connectivity index (χ0) is 12.3. The fourth-order valence-electron chi connectivity index (χ4n) is 1.41. The Balaban J connectivity index is 2.05. The molecule has 0 aromatic heterocycles. The number of benzene rings is 1. The molecule has 0 radical (unpaired) electrons. The number of hydrogen-bond donors (Lipinski definition) is 2. The maximum absolute atomic E-state index is 11.8. The summed E-state index contributed by atoms with van der Waals surface area (Å²) in [4.78, 5) is 11.4. The van der Waals surface area contributed by atoms with E-state index < -0.39 is 0 Å². The summed E-state index contributed by atoms with van der Waals surface area (Å²) in [5.74, 6) is -0.0332. The van der Waals surface area contributed by atoms with Crippen LogP contribution in [0.3, 0.4) is 0 Å². The number of alkyl halides is 1. The van der Waals surface area contributed by atoms with Gasteiger partial charge in [0, 0.05) is 6.54 Å². The fraction of sp³-hybridized carbons (Fsp3) is 0.462. The molecule has 0 unspecified atom stereocenters. The van der Waals surface area contributed by atoms with Crippen molar-refractivity contribution >= 4 is 5.91 Å². The quantitative estimate of drug-likeness (QED) is 0.676. The van der Waals surface area contributed by atoms with Gasteiger partial charge in [-0.05, 0) is 24.9 Å². The Kier molecular flexibility index (Phi) is 6.98. The Morgan fingerprint density at radius 3 is 2.65 bits per heavy atom. The van der Waals surface area contributed by atoms with Gasteiger partial charge in [-0.2, -0.15) is 0 Å². The third-order valence-electron chi connectivity index (χ3n) is 2.36. The predicted octanol–water partition coefficient (Wildman–Crippen LogP) is 1.64. The highest BCUT2D eigenvalue weighted by Crippen LogP contribution is 1.96. The molecule has 1 amide bonds. The summed E-state index contributed by atoms with van der Waals surface area (Å²) in [6.07, 6.45) is 1.32. The molecule has 2 N–H and O–H groups in total. The van der Waals surface area contributed by atoms with E-state index in [1.165, 1.54) is 0 Å². The van der Waals surface area contributed by atoms with Crippen LogP contribution in [0.4, 0.5) is 4.39 Å². The minimum absolute atomic E-state index is 0.0332. The van der Waals surface area contributed by atoms with Crippen LogP contribution in [0.1, 0.15) is 18.4 Å². The molecule has 3 nitrogen and oxygen atoms in total. The second-order valence-corrected chi connectivity index (χ2v) is 3.84. The molecule has 94 valence electrons. The molecule has 17 heavy (non-hydrogen) atoms. The van der Waals surface area contributed by atoms with Crippen molar-refractivity contribution in [2.45, 2.75) is 19.4 Å². The summed E-state index contributed by atoms with van der Waals surface area (Å²) < 4.78 is 11.8. The average Bonchev–Trinajstić information content (AvgIpc) is 2.37. The van der Waals surface area contributed by atoms with Crippen LogP contribution in [0.5, 0.6) is 0 Å². The van der Waals surface area contributed by atoms with E-state index >= 15 is 0 Å². The number of carbonyl (C=O) groups excluding carboxylic acids is 1. The number of rotatable bonds is 8. The Morgan fingerprint density at radius 1 is 1.18 bits per heavy atom. The first kappa shape index (κ1) is 13.6. The summed E-state index contributed by atoms with van der Waals surface area (Å²) in [6.45, 7) is 1.23. The highest BCUT2D eigenvalue weighted by molar-refractivity contribution is 5.77. The molecule has 0 aliphatic carbocycles. The normalized spacial score (nSPS) is 10.2. The zero-order valence-electron chi connectivity index (χ0n) is 9.92. The van der Waals surface area contributed by atoms with Crippen molar-refractivity contribution in [1.29, 1.82) is 0 Å². The molecule has 0 fully saturated rings. The third kappa shape index (κ3) is 6.68. The van der Waals surface area contributed by atoms with Crippen molar-refractivity contribution in [3.63, 3.8) is 0 Å². The topological polar surface area (TPSA) is 41.1 Å². The van der Waals surface area contributed by atoms with Crippen molar-refractivity contribution in [1.82, 2.24) is 10.6 Å². The van der Waals surface area contributed by atoms with Gasteiger partial charge in [-0.3, -0.25) is 9.18 Å². The van der Waals surface area contributed by atoms with Crippen LogP contribution < -0.4 is 10.6 Å². The number of unbranched alkanes of at least 4 members (excludes halogenated alkanes) is 1. The van der Waals surface area contributed by atoms with Gasteiger partial charge < -0.3 is 10.6 Å². The van der Waals surface area contributed by atoms with Gasteiger partial charge in [0.1, 0.15) is 0 Å². The maximum Gasteiger partial charge on any atom is 0.234 e. The van der Waals surface area contributed by atoms with E-state index in [-0.39, 0.29) is 12.6 Å². The molecule has 0 saturated carbocycles. The van der Waals surface area contributed by atoms with Crippen molar-refractivity contribution in [2.24, 2.45) is 0 Å². The van der Waals surface area contributed by atoms with E-state index in [0.717, 1.165) is 12.0 Å². The molecule has 1 aromatic rings. The SMILES string of the molecule is O=C(CNCCCCF)NCc1ccccc1. The standard InChI is InChI=1S/C13H19FN2O/c14-8-4-5-9-15-11-13(17)16-10-12-6-2-1-3-7-12/h1-3,6-7,15H,4-5,8-11H2,(H,16,17). The lowest BCUT2D eigenvalue weighted by atomic mass is 10.2. The number of amides is 1. The Bertz CT molecular complexity index is 316. The Hall–Kier alpha value is -1.42. The molecule has 4 heteroatoms. The molecule has 0 heterocycles. The first-order valence-electron chi connectivity index (χ1n) is 5.90. The summed E-state index contributed by atoms with van der Waals surface area (Å²) >= 11 is 0. The minimum Gasteiger partial charge on any atom is -0.351 e. The molecular formula is C13H19FN2O. The number of hydrogen-bond acceptors (Lipinski definition) is 2. The Labute approximate surface area is 101 Å². The molecule has 1 rings (SSSR count). The van der Waals surface area contributed by atoms with Crippen LogP contribution in [0, 0.1) is 0 Å². The van der Waals surface area contributed by atoms with Crippen LogP contribution in [0.15, 0.2) is 30.3 Å². The van der Waals surface area contributed by atoms with Crippen molar-refractivity contribution in [2.75, 3.05) is 19.8 Å². The first-order valence-corrected chi connectivity index (χ1v) is 5.90. The average molecular weight is 238 g/mol. The van der Waals surface area contributed by atoms with Gasteiger partial charge in [0.05, 0.1) is 13.2 Å².